The molecule has 0 saturated carbocycles. The van der Waals surface area contributed by atoms with Crippen LogP contribution >= 0.6 is 0 Å². The summed E-state index contributed by atoms with van der Waals surface area (Å²) in [7, 11) is -5.90. The number of rotatable bonds is 8. The molecule has 0 aromatic carbocycles. The fraction of sp³-hybridized carbons (Fsp3) is 0. The molecule has 0 aromatic heterocycles. The van der Waals surface area contributed by atoms with E-state index in [-0.39, 0.29) is 0 Å². The summed E-state index contributed by atoms with van der Waals surface area (Å²) in [6.45, 7) is 9.87. The summed E-state index contributed by atoms with van der Waals surface area (Å²) in [4.78, 5) is 44.9. The quantitative estimate of drug-likeness (QED) is 0.352. The highest BCUT2D eigenvalue weighted by Gasteiger charge is 2.64. The Morgan fingerprint density at radius 2 is 0.680 bits per heavy atom. The van der Waals surface area contributed by atoms with Gasteiger partial charge in [0.05, 0.1) is 0 Å². The molecule has 0 radical (unpaired) electrons. The van der Waals surface area contributed by atoms with Crippen LogP contribution in [0, 0.1) is 0 Å². The third-order valence-electron chi connectivity index (χ3n) is 1.76. The zero-order chi connectivity index (χ0) is 19.9. The van der Waals surface area contributed by atoms with Gasteiger partial charge in [-0.2, -0.15) is 17.6 Å². The standard InChI is InChI=1S/C12H8F4O8Si/c1-5(13)9(17)21-25(22-10(18)6(2)14,23-11(19)7(3)15)24-12(20)8(4)16/h1-4H2. The van der Waals surface area contributed by atoms with Crippen LogP contribution < -0.4 is 0 Å². The second kappa shape index (κ2) is 8.58. The van der Waals surface area contributed by atoms with Crippen LogP contribution in [0.1, 0.15) is 0 Å². The molecule has 0 aliphatic heterocycles. The molecule has 0 heterocycles. The van der Waals surface area contributed by atoms with Crippen LogP contribution in [0.25, 0.3) is 0 Å². The van der Waals surface area contributed by atoms with Crippen LogP contribution in [0.15, 0.2) is 49.6 Å². The molecule has 0 aliphatic carbocycles. The van der Waals surface area contributed by atoms with Crippen molar-refractivity contribution in [3.63, 3.8) is 0 Å². The van der Waals surface area contributed by atoms with Gasteiger partial charge in [-0.25, -0.2) is 19.2 Å². The van der Waals surface area contributed by atoms with E-state index in [1.165, 1.54) is 0 Å². The van der Waals surface area contributed by atoms with Crippen molar-refractivity contribution in [1.82, 2.24) is 0 Å². The molecule has 25 heavy (non-hydrogen) atoms. The maximum absolute atomic E-state index is 12.8. The molecule has 0 fully saturated rings. The first kappa shape index (κ1) is 21.8. The van der Waals surface area contributed by atoms with E-state index < -0.39 is 56.2 Å². The van der Waals surface area contributed by atoms with Crippen molar-refractivity contribution in [1.29, 1.82) is 0 Å². The molecule has 0 N–H and O–H groups in total. The summed E-state index contributed by atoms with van der Waals surface area (Å²) in [5, 5.41) is 0. The number of carbonyl (C=O) groups excluding carboxylic acids is 4. The predicted molar refractivity (Wildman–Crippen MR) is 71.1 cm³/mol. The molecular weight excluding hydrogens is 376 g/mol. The molecule has 0 unspecified atom stereocenters. The molecule has 8 nitrogen and oxygen atoms in total. The van der Waals surface area contributed by atoms with Gasteiger partial charge in [-0.1, -0.05) is 26.3 Å². The smallest absolute Gasteiger partial charge is 0.417 e. The average molecular weight is 384 g/mol. The van der Waals surface area contributed by atoms with E-state index in [1.54, 1.807) is 0 Å². The van der Waals surface area contributed by atoms with E-state index in [9.17, 15) is 36.7 Å². The Bertz CT molecular complexity index is 569. The maximum Gasteiger partial charge on any atom is 0.975 e. The van der Waals surface area contributed by atoms with Gasteiger partial charge < -0.3 is 17.7 Å². The average Bonchev–Trinajstić information content (AvgIpc) is 2.46. The molecule has 0 spiro atoms. The number of carbonyl (C=O) groups is 4. The van der Waals surface area contributed by atoms with Crippen molar-refractivity contribution in [3.8, 4) is 0 Å². The topological polar surface area (TPSA) is 105 Å². The number of hydrogen-bond acceptors (Lipinski definition) is 8. The Balaban J connectivity index is 6.05. The van der Waals surface area contributed by atoms with E-state index in [1.807, 2.05) is 0 Å². The normalized spacial score (nSPS) is 10.1. The number of hydrogen-bond donors (Lipinski definition) is 0. The van der Waals surface area contributed by atoms with Gasteiger partial charge in [0.1, 0.15) is 0 Å². The minimum Gasteiger partial charge on any atom is -0.417 e. The van der Waals surface area contributed by atoms with Crippen LogP contribution in [0.4, 0.5) is 17.6 Å². The molecule has 0 bridgehead atoms. The minimum absolute atomic E-state index is 1.89. The summed E-state index contributed by atoms with van der Waals surface area (Å²) in [6.07, 6.45) is 0. The molecule has 13 heteroatoms. The monoisotopic (exact) mass is 384 g/mol. The van der Waals surface area contributed by atoms with Crippen LogP contribution in [0.5, 0.6) is 0 Å². The highest BCUT2D eigenvalue weighted by Crippen LogP contribution is 2.20. The summed E-state index contributed by atoms with van der Waals surface area (Å²) in [5.74, 6) is -16.1. The lowest BCUT2D eigenvalue weighted by Crippen LogP contribution is -2.54. The van der Waals surface area contributed by atoms with Gasteiger partial charge >= 0.3 is 32.9 Å². The molecule has 136 valence electrons. The Labute approximate surface area is 138 Å². The lowest BCUT2D eigenvalue weighted by molar-refractivity contribution is -0.160. The Morgan fingerprint density at radius 3 is 0.800 bits per heavy atom. The van der Waals surface area contributed by atoms with Crippen LogP contribution in [0.3, 0.4) is 0 Å². The third kappa shape index (κ3) is 6.82. The SMILES string of the molecule is C=C(F)C(=O)O[Si](OC(=O)C(=C)F)(OC(=O)C(=C)F)OC(=O)C(=C)F. The third-order valence-corrected chi connectivity index (χ3v) is 3.50. The van der Waals surface area contributed by atoms with Gasteiger partial charge in [0, 0.05) is 0 Å². The summed E-state index contributed by atoms with van der Waals surface area (Å²) in [6, 6.07) is 0. The van der Waals surface area contributed by atoms with E-state index in [4.69, 9.17) is 0 Å². The zero-order valence-corrected chi connectivity index (χ0v) is 13.1. The van der Waals surface area contributed by atoms with Crippen LogP contribution in [0.2, 0.25) is 0 Å². The van der Waals surface area contributed by atoms with Gasteiger partial charge in [0.2, 0.25) is 0 Å². The maximum atomic E-state index is 12.8. The highest BCUT2D eigenvalue weighted by molar-refractivity contribution is 6.62. The number of halogens is 4. The lowest BCUT2D eigenvalue weighted by atomic mass is 10.6. The molecule has 0 saturated heterocycles. The van der Waals surface area contributed by atoms with Gasteiger partial charge in [0.25, 0.3) is 0 Å². The molecule has 0 aliphatic rings. The van der Waals surface area contributed by atoms with Crippen LogP contribution in [-0.2, 0) is 36.9 Å². The van der Waals surface area contributed by atoms with Gasteiger partial charge in [-0.3, -0.25) is 0 Å². The molecule has 0 amide bonds. The lowest BCUT2D eigenvalue weighted by Gasteiger charge is -2.23. The highest BCUT2D eigenvalue weighted by atomic mass is 28.4. The second-order valence-corrected chi connectivity index (χ2v) is 5.49. The fourth-order valence-corrected chi connectivity index (χ4v) is 2.40. The van der Waals surface area contributed by atoms with Crippen molar-refractivity contribution in [2.24, 2.45) is 0 Å². The van der Waals surface area contributed by atoms with Crippen molar-refractivity contribution in [3.05, 3.63) is 49.6 Å². The minimum atomic E-state index is -5.90. The van der Waals surface area contributed by atoms with E-state index in [0.717, 1.165) is 0 Å². The second-order valence-electron chi connectivity index (χ2n) is 3.68. The van der Waals surface area contributed by atoms with Crippen molar-refractivity contribution in [2.75, 3.05) is 0 Å². The summed E-state index contributed by atoms with van der Waals surface area (Å²) in [5.41, 5.74) is 0. The molecule has 0 atom stereocenters. The molecule has 0 rings (SSSR count). The Kier molecular flexibility index (Phi) is 7.47. The summed E-state index contributed by atoms with van der Waals surface area (Å²) < 4.78 is 67.2. The van der Waals surface area contributed by atoms with E-state index in [0.29, 0.717) is 0 Å². The largest absolute Gasteiger partial charge is 0.975 e. The van der Waals surface area contributed by atoms with Crippen molar-refractivity contribution >= 4 is 32.9 Å². The first-order chi connectivity index (χ1) is 11.3. The fourth-order valence-electron chi connectivity index (χ4n) is 0.801. The first-order valence-electron chi connectivity index (χ1n) is 5.62. The van der Waals surface area contributed by atoms with Gasteiger partial charge in [-0.15, -0.1) is 0 Å². The Morgan fingerprint density at radius 1 is 0.520 bits per heavy atom. The molecule has 0 aromatic rings. The molecular formula is C12H8F4O8Si. The van der Waals surface area contributed by atoms with E-state index >= 15 is 0 Å². The summed E-state index contributed by atoms with van der Waals surface area (Å²) >= 11 is 0. The first-order valence-corrected chi connectivity index (χ1v) is 7.25. The van der Waals surface area contributed by atoms with Crippen molar-refractivity contribution < 1.29 is 54.4 Å². The zero-order valence-electron chi connectivity index (χ0n) is 12.1. The predicted octanol–water partition coefficient (Wildman–Crippen LogP) is 1.53. The van der Waals surface area contributed by atoms with Gasteiger partial charge in [-0.05, 0) is 0 Å². The van der Waals surface area contributed by atoms with Crippen LogP contribution in [-0.4, -0.2) is 32.9 Å². The van der Waals surface area contributed by atoms with Gasteiger partial charge in [0.15, 0.2) is 23.3 Å². The Hall–Kier alpha value is -3.22. The van der Waals surface area contributed by atoms with Crippen molar-refractivity contribution in [2.45, 2.75) is 0 Å². The van der Waals surface area contributed by atoms with E-state index in [2.05, 4.69) is 44.0 Å².